The van der Waals surface area contributed by atoms with Gasteiger partial charge < -0.3 is 14.7 Å². The van der Waals surface area contributed by atoms with Crippen LogP contribution >= 0.6 is 0 Å². The number of carboxylic acids is 1. The van der Waals surface area contributed by atoms with E-state index in [1.54, 1.807) is 4.90 Å². The standard InChI is InChI=1S/C16H19F2NO4/c17-13-5-4-11(8-14(13)18)2-1-3-15(20)19-6-7-23-10-12(19)9-16(21)22/h4-5,8,12H,1-3,6-7,9-10H2,(H,21,22). The van der Waals surface area contributed by atoms with Gasteiger partial charge in [0, 0.05) is 13.0 Å². The molecule has 7 heteroatoms. The van der Waals surface area contributed by atoms with Crippen LogP contribution in [0.3, 0.4) is 0 Å². The number of nitrogens with zero attached hydrogens (tertiary/aromatic N) is 1. The Morgan fingerprint density at radius 3 is 2.78 bits per heavy atom. The van der Waals surface area contributed by atoms with Gasteiger partial charge in [0.2, 0.25) is 5.91 Å². The molecule has 2 rings (SSSR count). The molecule has 0 spiro atoms. The minimum absolute atomic E-state index is 0.137. The zero-order valence-corrected chi connectivity index (χ0v) is 12.6. The van der Waals surface area contributed by atoms with Crippen LogP contribution in [-0.2, 0) is 20.7 Å². The van der Waals surface area contributed by atoms with Crippen LogP contribution in [0.4, 0.5) is 8.78 Å². The van der Waals surface area contributed by atoms with Gasteiger partial charge in [-0.2, -0.15) is 0 Å². The largest absolute Gasteiger partial charge is 0.481 e. The van der Waals surface area contributed by atoms with Crippen LogP contribution in [0, 0.1) is 11.6 Å². The van der Waals surface area contributed by atoms with Gasteiger partial charge in [-0.25, -0.2) is 8.78 Å². The quantitative estimate of drug-likeness (QED) is 0.868. The van der Waals surface area contributed by atoms with Gasteiger partial charge in [0.25, 0.3) is 0 Å². The Balaban J connectivity index is 1.85. The summed E-state index contributed by atoms with van der Waals surface area (Å²) >= 11 is 0. The Labute approximate surface area is 132 Å². The molecule has 0 radical (unpaired) electrons. The Bertz CT molecular complexity index is 579. The van der Waals surface area contributed by atoms with Crippen molar-refractivity contribution in [2.75, 3.05) is 19.8 Å². The lowest BCUT2D eigenvalue weighted by Crippen LogP contribution is -2.49. The number of hydrogen-bond donors (Lipinski definition) is 1. The van der Waals surface area contributed by atoms with Crippen LogP contribution in [0.25, 0.3) is 0 Å². The SMILES string of the molecule is O=C(O)CC1COCCN1C(=O)CCCc1ccc(F)c(F)c1. The lowest BCUT2D eigenvalue weighted by Gasteiger charge is -2.35. The fourth-order valence-corrected chi connectivity index (χ4v) is 2.64. The summed E-state index contributed by atoms with van der Waals surface area (Å²) in [6.45, 7) is 0.994. The Hall–Kier alpha value is -2.02. The van der Waals surface area contributed by atoms with Gasteiger partial charge in [-0.3, -0.25) is 9.59 Å². The first-order valence-electron chi connectivity index (χ1n) is 7.50. The van der Waals surface area contributed by atoms with Crippen LogP contribution in [0.2, 0.25) is 0 Å². The van der Waals surface area contributed by atoms with E-state index in [2.05, 4.69) is 0 Å². The van der Waals surface area contributed by atoms with Gasteiger partial charge >= 0.3 is 5.97 Å². The molecule has 5 nitrogen and oxygen atoms in total. The number of hydrogen-bond acceptors (Lipinski definition) is 3. The second-order valence-corrected chi connectivity index (χ2v) is 5.52. The molecule has 0 bridgehead atoms. The monoisotopic (exact) mass is 327 g/mol. The zero-order chi connectivity index (χ0) is 16.8. The first-order valence-corrected chi connectivity index (χ1v) is 7.50. The molecule has 0 aromatic heterocycles. The number of ether oxygens (including phenoxy) is 1. The molecule has 126 valence electrons. The van der Waals surface area contributed by atoms with Crippen molar-refractivity contribution in [3.8, 4) is 0 Å². The highest BCUT2D eigenvalue weighted by Gasteiger charge is 2.28. The maximum absolute atomic E-state index is 13.1. The molecule has 1 heterocycles. The summed E-state index contributed by atoms with van der Waals surface area (Å²) in [5.41, 5.74) is 0.626. The average molecular weight is 327 g/mol. The Morgan fingerprint density at radius 2 is 2.09 bits per heavy atom. The lowest BCUT2D eigenvalue weighted by atomic mass is 10.1. The Kier molecular flexibility index (Phi) is 6.04. The van der Waals surface area contributed by atoms with Crippen molar-refractivity contribution in [3.05, 3.63) is 35.4 Å². The molecule has 1 amide bonds. The molecule has 0 saturated carbocycles. The number of aryl methyl sites for hydroxylation is 1. The zero-order valence-electron chi connectivity index (χ0n) is 12.6. The number of carbonyl (C=O) groups is 2. The normalized spacial score (nSPS) is 18.0. The molecule has 23 heavy (non-hydrogen) atoms. The fourth-order valence-electron chi connectivity index (χ4n) is 2.64. The van der Waals surface area contributed by atoms with E-state index in [-0.39, 0.29) is 25.4 Å². The van der Waals surface area contributed by atoms with Gasteiger partial charge in [0.15, 0.2) is 11.6 Å². The van der Waals surface area contributed by atoms with E-state index in [0.717, 1.165) is 12.1 Å². The topological polar surface area (TPSA) is 66.8 Å². The number of morpholine rings is 1. The van der Waals surface area contributed by atoms with Crippen LogP contribution in [0.1, 0.15) is 24.8 Å². The fraction of sp³-hybridized carbons (Fsp3) is 0.500. The molecule has 1 N–H and O–H groups in total. The predicted molar refractivity (Wildman–Crippen MR) is 77.9 cm³/mol. The van der Waals surface area contributed by atoms with Crippen molar-refractivity contribution in [3.63, 3.8) is 0 Å². The molecule has 1 aliphatic rings. The number of halogens is 2. The second kappa shape index (κ2) is 8.01. The van der Waals surface area contributed by atoms with Gasteiger partial charge in [-0.1, -0.05) is 6.07 Å². The third kappa shape index (κ3) is 4.99. The molecule has 1 aromatic carbocycles. The molecule has 1 saturated heterocycles. The number of benzene rings is 1. The van der Waals surface area contributed by atoms with Crippen LogP contribution in [0.15, 0.2) is 18.2 Å². The molecule has 1 aliphatic heterocycles. The van der Waals surface area contributed by atoms with Crippen molar-refractivity contribution in [2.24, 2.45) is 0 Å². The smallest absolute Gasteiger partial charge is 0.305 e. The highest BCUT2D eigenvalue weighted by Crippen LogP contribution is 2.15. The van der Waals surface area contributed by atoms with Crippen LogP contribution in [-0.4, -0.2) is 47.7 Å². The molecule has 1 unspecified atom stereocenters. The summed E-state index contributed by atoms with van der Waals surface area (Å²) in [6.07, 6.45) is 1.03. The van der Waals surface area contributed by atoms with Gasteiger partial charge in [0.1, 0.15) is 0 Å². The maximum atomic E-state index is 13.1. The van der Waals surface area contributed by atoms with Crippen LogP contribution in [0.5, 0.6) is 0 Å². The van der Waals surface area contributed by atoms with E-state index in [0.29, 0.717) is 31.6 Å². The van der Waals surface area contributed by atoms with E-state index in [1.165, 1.54) is 6.07 Å². The van der Waals surface area contributed by atoms with E-state index < -0.39 is 23.6 Å². The summed E-state index contributed by atoms with van der Waals surface area (Å²) < 4.78 is 31.2. The summed E-state index contributed by atoms with van der Waals surface area (Å²) in [5.74, 6) is -2.90. The highest BCUT2D eigenvalue weighted by molar-refractivity contribution is 5.77. The number of aliphatic carboxylic acids is 1. The van der Waals surface area contributed by atoms with E-state index in [4.69, 9.17) is 9.84 Å². The summed E-state index contributed by atoms with van der Waals surface area (Å²) in [7, 11) is 0. The Morgan fingerprint density at radius 1 is 1.30 bits per heavy atom. The third-order valence-corrected chi connectivity index (χ3v) is 3.80. The van der Waals surface area contributed by atoms with Crippen molar-refractivity contribution in [1.82, 2.24) is 4.90 Å². The van der Waals surface area contributed by atoms with E-state index in [9.17, 15) is 18.4 Å². The molecule has 0 aliphatic carbocycles. The van der Waals surface area contributed by atoms with Crippen LogP contribution < -0.4 is 0 Å². The number of amides is 1. The van der Waals surface area contributed by atoms with Crippen molar-refractivity contribution >= 4 is 11.9 Å². The summed E-state index contributed by atoms with van der Waals surface area (Å²) in [4.78, 5) is 24.6. The molecular formula is C16H19F2NO4. The molecular weight excluding hydrogens is 308 g/mol. The summed E-state index contributed by atoms with van der Waals surface area (Å²) in [6, 6.07) is 3.24. The molecule has 1 fully saturated rings. The van der Waals surface area contributed by atoms with Crippen molar-refractivity contribution in [1.29, 1.82) is 0 Å². The molecule has 1 atom stereocenters. The highest BCUT2D eigenvalue weighted by atomic mass is 19.2. The first-order chi connectivity index (χ1) is 11.0. The molecule has 1 aromatic rings. The van der Waals surface area contributed by atoms with E-state index >= 15 is 0 Å². The van der Waals surface area contributed by atoms with Gasteiger partial charge in [-0.15, -0.1) is 0 Å². The first kappa shape index (κ1) is 17.3. The van der Waals surface area contributed by atoms with Gasteiger partial charge in [0.05, 0.1) is 25.7 Å². The third-order valence-electron chi connectivity index (χ3n) is 3.80. The lowest BCUT2D eigenvalue weighted by molar-refractivity contribution is -0.146. The van der Waals surface area contributed by atoms with Crippen molar-refractivity contribution < 1.29 is 28.2 Å². The van der Waals surface area contributed by atoms with Gasteiger partial charge in [-0.05, 0) is 30.5 Å². The maximum Gasteiger partial charge on any atom is 0.305 e. The van der Waals surface area contributed by atoms with Crippen molar-refractivity contribution in [2.45, 2.75) is 31.7 Å². The summed E-state index contributed by atoms with van der Waals surface area (Å²) in [5, 5.41) is 8.88. The average Bonchev–Trinajstić information content (AvgIpc) is 2.50. The minimum atomic E-state index is -0.972. The predicted octanol–water partition coefficient (Wildman–Crippen LogP) is 1.99. The number of carboxylic acid groups (broad SMARTS) is 1. The minimum Gasteiger partial charge on any atom is -0.481 e. The number of rotatable bonds is 6. The second-order valence-electron chi connectivity index (χ2n) is 5.52. The number of carbonyl (C=O) groups excluding carboxylic acids is 1. The van der Waals surface area contributed by atoms with E-state index in [1.807, 2.05) is 0 Å².